The van der Waals surface area contributed by atoms with E-state index in [-0.39, 0.29) is 5.91 Å². The molecular formula is C18H17N3O2S. The lowest BCUT2D eigenvalue weighted by Gasteiger charge is -2.16. The molecule has 1 aliphatic rings. The summed E-state index contributed by atoms with van der Waals surface area (Å²) in [5.41, 5.74) is 2.84. The zero-order valence-corrected chi connectivity index (χ0v) is 14.1. The average Bonchev–Trinajstić information content (AvgIpc) is 3.24. The lowest BCUT2D eigenvalue weighted by molar-refractivity contribution is 0.103. The maximum atomic E-state index is 12.6. The van der Waals surface area contributed by atoms with Gasteiger partial charge in [-0.25, -0.2) is 0 Å². The summed E-state index contributed by atoms with van der Waals surface area (Å²) in [4.78, 5) is 14.7. The second kappa shape index (κ2) is 6.20. The van der Waals surface area contributed by atoms with Crippen LogP contribution in [0.5, 0.6) is 0 Å². The number of nitrogens with one attached hydrogen (secondary N) is 1. The Morgan fingerprint density at radius 3 is 3.12 bits per heavy atom. The first-order valence-electron chi connectivity index (χ1n) is 7.98. The number of thiophene rings is 1. The highest BCUT2D eigenvalue weighted by Crippen LogP contribution is 2.32. The van der Waals surface area contributed by atoms with Crippen LogP contribution in [0.3, 0.4) is 0 Å². The quantitative estimate of drug-likeness (QED) is 0.777. The van der Waals surface area contributed by atoms with Crippen LogP contribution in [0, 0.1) is 5.92 Å². The number of aromatic nitrogens is 2. The highest BCUT2D eigenvalue weighted by atomic mass is 32.1. The summed E-state index contributed by atoms with van der Waals surface area (Å²) in [5, 5.41) is 10.5. The van der Waals surface area contributed by atoms with Crippen LogP contribution in [-0.4, -0.2) is 16.1 Å². The van der Waals surface area contributed by atoms with Crippen molar-refractivity contribution in [2.75, 3.05) is 5.32 Å². The van der Waals surface area contributed by atoms with Crippen molar-refractivity contribution in [3.05, 3.63) is 52.0 Å². The summed E-state index contributed by atoms with van der Waals surface area (Å²) < 4.78 is 5.20. The molecule has 0 spiro atoms. The molecule has 0 saturated carbocycles. The maximum absolute atomic E-state index is 12.6. The molecule has 4 rings (SSSR count). The van der Waals surface area contributed by atoms with E-state index in [2.05, 4.69) is 22.4 Å². The molecule has 0 fully saturated rings. The normalized spacial score (nSPS) is 16.6. The van der Waals surface area contributed by atoms with Crippen molar-refractivity contribution in [3.8, 4) is 11.5 Å². The number of hydrogen-bond acceptors (Lipinski definition) is 5. The monoisotopic (exact) mass is 339 g/mol. The summed E-state index contributed by atoms with van der Waals surface area (Å²) in [7, 11) is 0. The van der Waals surface area contributed by atoms with Crippen molar-refractivity contribution in [2.24, 2.45) is 5.92 Å². The molecule has 6 heteroatoms. The van der Waals surface area contributed by atoms with E-state index >= 15 is 0 Å². The topological polar surface area (TPSA) is 68.0 Å². The Kier molecular flexibility index (Phi) is 3.90. The van der Waals surface area contributed by atoms with Gasteiger partial charge in [-0.15, -0.1) is 21.5 Å². The van der Waals surface area contributed by atoms with Crippen LogP contribution >= 0.6 is 11.3 Å². The van der Waals surface area contributed by atoms with E-state index < -0.39 is 0 Å². The van der Waals surface area contributed by atoms with E-state index in [1.54, 1.807) is 11.3 Å². The van der Waals surface area contributed by atoms with Gasteiger partial charge in [-0.2, -0.15) is 0 Å². The van der Waals surface area contributed by atoms with Gasteiger partial charge in [0.15, 0.2) is 0 Å². The van der Waals surface area contributed by atoms with Crippen molar-refractivity contribution in [1.82, 2.24) is 10.2 Å². The minimum Gasteiger partial charge on any atom is -0.423 e. The van der Waals surface area contributed by atoms with Crippen molar-refractivity contribution in [2.45, 2.75) is 26.2 Å². The molecule has 0 aliphatic heterocycles. The summed E-state index contributed by atoms with van der Waals surface area (Å²) in [6.07, 6.45) is 4.66. The number of fused-ring (bicyclic) bond motifs is 1. The average molecular weight is 339 g/mol. The molecule has 3 aromatic rings. The Morgan fingerprint density at radius 2 is 2.29 bits per heavy atom. The predicted molar refractivity (Wildman–Crippen MR) is 93.2 cm³/mol. The van der Waals surface area contributed by atoms with Gasteiger partial charge in [0.1, 0.15) is 0 Å². The number of anilines is 1. The van der Waals surface area contributed by atoms with Crippen molar-refractivity contribution >= 4 is 22.9 Å². The number of carbonyl (C=O) groups is 1. The number of benzene rings is 1. The first kappa shape index (κ1) is 15.1. The number of nitrogens with zero attached hydrogens (tertiary/aromatic N) is 2. The fourth-order valence-corrected chi connectivity index (χ4v) is 4.14. The molecule has 2 aromatic heterocycles. The van der Waals surface area contributed by atoms with Crippen LogP contribution in [0.2, 0.25) is 0 Å². The van der Waals surface area contributed by atoms with Crippen LogP contribution in [0.1, 0.15) is 33.5 Å². The number of aryl methyl sites for hydroxylation is 1. The zero-order valence-electron chi connectivity index (χ0n) is 13.3. The largest absolute Gasteiger partial charge is 0.423 e. The molecule has 0 bridgehead atoms. The second-order valence-electron chi connectivity index (χ2n) is 6.19. The first-order chi connectivity index (χ1) is 11.7. The van der Waals surface area contributed by atoms with E-state index in [9.17, 15) is 4.79 Å². The lowest BCUT2D eigenvalue weighted by atomic mass is 9.90. The molecule has 1 aliphatic carbocycles. The van der Waals surface area contributed by atoms with Crippen LogP contribution in [0.15, 0.2) is 41.1 Å². The molecule has 2 heterocycles. The molecular weight excluding hydrogens is 322 g/mol. The van der Waals surface area contributed by atoms with Crippen molar-refractivity contribution < 1.29 is 9.21 Å². The molecule has 1 aromatic carbocycles. The highest BCUT2D eigenvalue weighted by Gasteiger charge is 2.20. The third-order valence-electron chi connectivity index (χ3n) is 4.28. The molecule has 1 unspecified atom stereocenters. The van der Waals surface area contributed by atoms with Crippen molar-refractivity contribution in [3.63, 3.8) is 0 Å². The van der Waals surface area contributed by atoms with Gasteiger partial charge in [-0.3, -0.25) is 4.79 Å². The Hall–Kier alpha value is -2.47. The van der Waals surface area contributed by atoms with Gasteiger partial charge in [0.05, 0.1) is 4.88 Å². The predicted octanol–water partition coefficient (Wildman–Crippen LogP) is 4.18. The molecule has 0 radical (unpaired) electrons. The summed E-state index contributed by atoms with van der Waals surface area (Å²) in [6.45, 7) is 2.27. The first-order valence-corrected chi connectivity index (χ1v) is 8.80. The number of hydrogen-bond donors (Lipinski definition) is 1. The van der Waals surface area contributed by atoms with Gasteiger partial charge in [0.25, 0.3) is 5.91 Å². The van der Waals surface area contributed by atoms with E-state index in [1.165, 1.54) is 23.3 Å². The lowest BCUT2D eigenvalue weighted by Crippen LogP contribution is -2.10. The number of carbonyl (C=O) groups excluding carboxylic acids is 1. The van der Waals surface area contributed by atoms with Gasteiger partial charge >= 0.3 is 0 Å². The molecule has 0 saturated heterocycles. The van der Waals surface area contributed by atoms with Gasteiger partial charge in [-0.05, 0) is 55.0 Å². The molecule has 24 heavy (non-hydrogen) atoms. The van der Waals surface area contributed by atoms with Crippen LogP contribution in [-0.2, 0) is 12.8 Å². The standard InChI is InChI=1S/C18H17N3O2S/c1-11-5-6-15-13(7-11)9-16(24-15)17(22)20-14-4-2-3-12(8-14)18-21-19-10-23-18/h2-4,8-11H,5-7H2,1H3,(H,20,22). The van der Waals surface area contributed by atoms with Crippen LogP contribution < -0.4 is 5.32 Å². The fourth-order valence-electron chi connectivity index (χ4n) is 3.04. The van der Waals surface area contributed by atoms with E-state index in [1.807, 2.05) is 30.3 Å². The third-order valence-corrected chi connectivity index (χ3v) is 5.52. The zero-order chi connectivity index (χ0) is 16.5. The SMILES string of the molecule is CC1CCc2sc(C(=O)Nc3cccc(-c4nnco4)c3)cc2C1. The fraction of sp³-hybridized carbons (Fsp3) is 0.278. The molecule has 1 amide bonds. The van der Waals surface area contributed by atoms with Gasteiger partial charge in [0.2, 0.25) is 12.3 Å². The summed E-state index contributed by atoms with van der Waals surface area (Å²) in [6, 6.07) is 9.46. The maximum Gasteiger partial charge on any atom is 0.265 e. The Balaban J connectivity index is 1.53. The van der Waals surface area contributed by atoms with Gasteiger partial charge in [-0.1, -0.05) is 13.0 Å². The Labute approximate surface area is 143 Å². The highest BCUT2D eigenvalue weighted by molar-refractivity contribution is 7.14. The van der Waals surface area contributed by atoms with Crippen LogP contribution in [0.4, 0.5) is 5.69 Å². The number of amides is 1. The summed E-state index contributed by atoms with van der Waals surface area (Å²) in [5.74, 6) is 1.07. The van der Waals surface area contributed by atoms with E-state index in [0.29, 0.717) is 11.8 Å². The molecule has 1 atom stereocenters. The molecule has 1 N–H and O–H groups in total. The minimum absolute atomic E-state index is 0.0651. The van der Waals surface area contributed by atoms with E-state index in [4.69, 9.17) is 4.42 Å². The second-order valence-corrected chi connectivity index (χ2v) is 7.32. The third kappa shape index (κ3) is 2.97. The molecule has 5 nitrogen and oxygen atoms in total. The minimum atomic E-state index is -0.0651. The number of rotatable bonds is 3. The Morgan fingerprint density at radius 1 is 1.38 bits per heavy atom. The van der Waals surface area contributed by atoms with Gasteiger partial charge < -0.3 is 9.73 Å². The van der Waals surface area contributed by atoms with Crippen LogP contribution in [0.25, 0.3) is 11.5 Å². The summed E-state index contributed by atoms with van der Waals surface area (Å²) >= 11 is 1.61. The van der Waals surface area contributed by atoms with Crippen molar-refractivity contribution in [1.29, 1.82) is 0 Å². The van der Waals surface area contributed by atoms with E-state index in [0.717, 1.165) is 29.0 Å². The smallest absolute Gasteiger partial charge is 0.265 e. The molecule has 122 valence electrons. The van der Waals surface area contributed by atoms with Gasteiger partial charge in [0, 0.05) is 16.1 Å². The Bertz CT molecular complexity index is 870.